The molecule has 3 heterocycles. The normalized spacial score (nSPS) is 19.2. The maximum absolute atomic E-state index is 14.7. The van der Waals surface area contributed by atoms with Crippen molar-refractivity contribution in [2.45, 2.75) is 25.5 Å². The highest BCUT2D eigenvalue weighted by Gasteiger charge is 2.37. The fourth-order valence-corrected chi connectivity index (χ4v) is 6.08. The second-order valence-electron chi connectivity index (χ2n) is 10.7. The number of amides is 2. The summed E-state index contributed by atoms with van der Waals surface area (Å²) in [6, 6.07) is 11.1. The lowest BCUT2D eigenvalue weighted by molar-refractivity contribution is -0.122. The van der Waals surface area contributed by atoms with Crippen molar-refractivity contribution >= 4 is 29.0 Å². The number of nitrogens with zero attached hydrogens (tertiary/aromatic N) is 6. The predicted molar refractivity (Wildman–Crippen MR) is 161 cm³/mol. The van der Waals surface area contributed by atoms with E-state index in [0.29, 0.717) is 37.6 Å². The molecule has 1 N–H and O–H groups in total. The van der Waals surface area contributed by atoms with E-state index in [1.54, 1.807) is 6.08 Å². The Morgan fingerprint density at radius 1 is 0.977 bits per heavy atom. The summed E-state index contributed by atoms with van der Waals surface area (Å²) in [7, 11) is 0. The van der Waals surface area contributed by atoms with Gasteiger partial charge in [-0.25, -0.2) is 18.4 Å². The van der Waals surface area contributed by atoms with Gasteiger partial charge in [0, 0.05) is 57.4 Å². The summed E-state index contributed by atoms with van der Waals surface area (Å²) in [5.41, 5.74) is 0.456. The van der Waals surface area contributed by atoms with Gasteiger partial charge in [-0.1, -0.05) is 49.4 Å². The SMILES string of the molecule is CCc1ccc(C=C2SC(=O)N(C/C=C/CN3CCN(CC(O)(Cn4cncn4)c4ccc(F)cc4F)CC3)C2=O)cc1. The standard InChI is InChI=1S/C31H34F2N6O3S/c1-2-23-5-7-24(8-6-23)17-28-29(40)39(30(41)43-28)12-4-3-11-36-13-15-37(16-14-36)19-31(42,20-38-22-34-21-35-38)26-10-9-25(32)18-27(26)33/h3-10,17-18,21-22,42H,2,11-16,19-20H2,1H3/b4-3+,28-17?. The molecule has 2 fully saturated rings. The Hall–Kier alpha value is -3.71. The number of aromatic nitrogens is 3. The van der Waals surface area contributed by atoms with Gasteiger partial charge in [-0.3, -0.25) is 24.3 Å². The van der Waals surface area contributed by atoms with Crippen molar-refractivity contribution in [2.24, 2.45) is 0 Å². The summed E-state index contributed by atoms with van der Waals surface area (Å²) in [5, 5.41) is 15.4. The Morgan fingerprint density at radius 2 is 1.70 bits per heavy atom. The third-order valence-electron chi connectivity index (χ3n) is 7.65. The van der Waals surface area contributed by atoms with Gasteiger partial charge in [0.2, 0.25) is 0 Å². The van der Waals surface area contributed by atoms with Gasteiger partial charge in [0.05, 0.1) is 11.4 Å². The summed E-state index contributed by atoms with van der Waals surface area (Å²) in [4.78, 5) is 35.1. The smallest absolute Gasteiger partial charge is 0.293 e. The molecule has 2 aliphatic rings. The Labute approximate surface area is 253 Å². The monoisotopic (exact) mass is 608 g/mol. The van der Waals surface area contributed by atoms with E-state index < -0.39 is 17.2 Å². The largest absolute Gasteiger partial charge is 0.382 e. The molecule has 2 aliphatic heterocycles. The molecule has 43 heavy (non-hydrogen) atoms. The molecule has 2 saturated heterocycles. The molecule has 3 aromatic rings. The van der Waals surface area contributed by atoms with E-state index in [9.17, 15) is 23.5 Å². The van der Waals surface area contributed by atoms with Crippen LogP contribution in [0.25, 0.3) is 6.08 Å². The van der Waals surface area contributed by atoms with Crippen LogP contribution in [0.4, 0.5) is 13.6 Å². The summed E-state index contributed by atoms with van der Waals surface area (Å²) in [5.74, 6) is -1.81. The summed E-state index contributed by atoms with van der Waals surface area (Å²) in [6.07, 6.45) is 9.25. The molecular weight excluding hydrogens is 574 g/mol. The highest BCUT2D eigenvalue weighted by Crippen LogP contribution is 2.32. The molecule has 12 heteroatoms. The number of β-amino-alcohol motifs (C(OH)–C–C–N with tert-alkyl or cyclic N) is 1. The quantitative estimate of drug-likeness (QED) is 0.259. The van der Waals surface area contributed by atoms with Crippen molar-refractivity contribution in [3.8, 4) is 0 Å². The number of aryl methyl sites for hydroxylation is 1. The topological polar surface area (TPSA) is 94.8 Å². The van der Waals surface area contributed by atoms with Gasteiger partial charge in [0.1, 0.15) is 29.9 Å². The first kappa shape index (κ1) is 30.7. The Kier molecular flexibility index (Phi) is 9.81. The molecule has 226 valence electrons. The van der Waals surface area contributed by atoms with E-state index >= 15 is 0 Å². The molecule has 0 radical (unpaired) electrons. The highest BCUT2D eigenvalue weighted by molar-refractivity contribution is 8.18. The first-order chi connectivity index (χ1) is 20.7. The zero-order valence-electron chi connectivity index (χ0n) is 23.9. The zero-order valence-corrected chi connectivity index (χ0v) is 24.7. The molecule has 2 amide bonds. The van der Waals surface area contributed by atoms with Gasteiger partial charge >= 0.3 is 0 Å². The zero-order chi connectivity index (χ0) is 30.4. The number of hydrogen-bond acceptors (Lipinski definition) is 8. The van der Waals surface area contributed by atoms with Crippen LogP contribution in [-0.4, -0.2) is 91.5 Å². The minimum atomic E-state index is -1.65. The molecule has 0 bridgehead atoms. The maximum Gasteiger partial charge on any atom is 0.293 e. The highest BCUT2D eigenvalue weighted by atomic mass is 32.2. The summed E-state index contributed by atoms with van der Waals surface area (Å²) >= 11 is 0.955. The van der Waals surface area contributed by atoms with Crippen LogP contribution in [0, 0.1) is 11.6 Å². The lowest BCUT2D eigenvalue weighted by Gasteiger charge is -2.39. The molecule has 2 aromatic carbocycles. The van der Waals surface area contributed by atoms with Gasteiger partial charge in [0.15, 0.2) is 0 Å². The van der Waals surface area contributed by atoms with E-state index in [2.05, 4.69) is 21.9 Å². The second kappa shape index (κ2) is 13.7. The third kappa shape index (κ3) is 7.63. The average Bonchev–Trinajstić information content (AvgIpc) is 3.59. The van der Waals surface area contributed by atoms with Crippen molar-refractivity contribution in [1.82, 2.24) is 29.5 Å². The van der Waals surface area contributed by atoms with Crippen LogP contribution in [0.1, 0.15) is 23.6 Å². The average molecular weight is 609 g/mol. The van der Waals surface area contributed by atoms with Gasteiger partial charge in [-0.05, 0) is 41.5 Å². The number of aliphatic hydroxyl groups is 1. The fourth-order valence-electron chi connectivity index (χ4n) is 5.23. The van der Waals surface area contributed by atoms with Crippen molar-refractivity contribution in [3.05, 3.63) is 101 Å². The van der Waals surface area contributed by atoms with Crippen LogP contribution in [0.15, 0.2) is 72.2 Å². The minimum absolute atomic E-state index is 0.00587. The first-order valence-corrected chi connectivity index (χ1v) is 15.0. The van der Waals surface area contributed by atoms with Gasteiger partial charge < -0.3 is 5.11 Å². The Balaban J connectivity index is 1.12. The van der Waals surface area contributed by atoms with Crippen molar-refractivity contribution in [2.75, 3.05) is 45.8 Å². The Bertz CT molecular complexity index is 1490. The van der Waals surface area contributed by atoms with Crippen molar-refractivity contribution < 1.29 is 23.5 Å². The van der Waals surface area contributed by atoms with Crippen LogP contribution in [0.2, 0.25) is 0 Å². The molecule has 1 aromatic heterocycles. The first-order valence-electron chi connectivity index (χ1n) is 14.2. The number of piperazine rings is 1. The number of rotatable bonds is 11. The predicted octanol–water partition coefficient (Wildman–Crippen LogP) is 3.92. The van der Waals surface area contributed by atoms with Crippen LogP contribution in [0.5, 0.6) is 0 Å². The van der Waals surface area contributed by atoms with E-state index in [1.165, 1.54) is 33.9 Å². The van der Waals surface area contributed by atoms with E-state index in [1.807, 2.05) is 41.3 Å². The van der Waals surface area contributed by atoms with E-state index in [0.717, 1.165) is 35.9 Å². The number of carbonyl (C=O) groups is 2. The number of thioether (sulfide) groups is 1. The van der Waals surface area contributed by atoms with E-state index in [4.69, 9.17) is 0 Å². The number of imide groups is 1. The molecule has 0 aliphatic carbocycles. The van der Waals surface area contributed by atoms with Gasteiger partial charge in [-0.15, -0.1) is 0 Å². The molecule has 1 unspecified atom stereocenters. The molecule has 9 nitrogen and oxygen atoms in total. The number of hydrogen-bond donors (Lipinski definition) is 1. The number of halogens is 2. The third-order valence-corrected chi connectivity index (χ3v) is 8.56. The Morgan fingerprint density at radius 3 is 2.37 bits per heavy atom. The van der Waals surface area contributed by atoms with Gasteiger partial charge in [0.25, 0.3) is 11.1 Å². The van der Waals surface area contributed by atoms with Crippen LogP contribution in [0.3, 0.4) is 0 Å². The van der Waals surface area contributed by atoms with Crippen LogP contribution in [-0.2, 0) is 23.4 Å². The molecule has 0 saturated carbocycles. The fraction of sp³-hybridized carbons (Fsp3) is 0.355. The van der Waals surface area contributed by atoms with Crippen molar-refractivity contribution in [3.63, 3.8) is 0 Å². The van der Waals surface area contributed by atoms with Crippen LogP contribution < -0.4 is 0 Å². The number of carbonyl (C=O) groups excluding carboxylic acids is 2. The number of benzene rings is 2. The second-order valence-corrected chi connectivity index (χ2v) is 11.7. The lowest BCUT2D eigenvalue weighted by atomic mass is 9.92. The molecular formula is C31H34F2N6O3S. The molecule has 5 rings (SSSR count). The summed E-state index contributed by atoms with van der Waals surface area (Å²) in [6.45, 7) is 5.69. The van der Waals surface area contributed by atoms with Crippen LogP contribution >= 0.6 is 11.8 Å². The molecule has 1 atom stereocenters. The van der Waals surface area contributed by atoms with E-state index in [-0.39, 0.29) is 36.3 Å². The molecule has 0 spiro atoms. The van der Waals surface area contributed by atoms with Crippen molar-refractivity contribution in [1.29, 1.82) is 0 Å². The maximum atomic E-state index is 14.7. The van der Waals surface area contributed by atoms with Gasteiger partial charge in [-0.2, -0.15) is 5.10 Å². The minimum Gasteiger partial charge on any atom is -0.382 e. The lowest BCUT2D eigenvalue weighted by Crippen LogP contribution is -2.52. The summed E-state index contributed by atoms with van der Waals surface area (Å²) < 4.78 is 29.7.